The number of fused-ring (bicyclic) bond motifs is 1. The summed E-state index contributed by atoms with van der Waals surface area (Å²) in [6.45, 7) is 3.97. The summed E-state index contributed by atoms with van der Waals surface area (Å²) in [5.74, 6) is 0.103. The van der Waals surface area contributed by atoms with Crippen LogP contribution in [0.25, 0.3) is 0 Å². The first-order valence-electron chi connectivity index (χ1n) is 8.41. The molecule has 2 amide bonds. The molecule has 3 heterocycles. The number of benzene rings is 1. The van der Waals surface area contributed by atoms with Crippen molar-refractivity contribution in [2.24, 2.45) is 5.92 Å². The monoisotopic (exact) mass is 399 g/mol. The minimum absolute atomic E-state index is 0.00680. The first-order chi connectivity index (χ1) is 11.9. The molecule has 2 fully saturated rings. The van der Waals surface area contributed by atoms with Crippen LogP contribution in [-0.2, 0) is 9.59 Å². The molecule has 3 aliphatic rings. The molecule has 0 radical (unpaired) electrons. The Balaban J connectivity index is 1.56. The van der Waals surface area contributed by atoms with Crippen LogP contribution in [0.5, 0.6) is 0 Å². The summed E-state index contributed by atoms with van der Waals surface area (Å²) < 4.78 is -0.644. The lowest BCUT2D eigenvalue weighted by atomic mass is 10.0. The summed E-state index contributed by atoms with van der Waals surface area (Å²) in [6.07, 6.45) is 1.50. The Morgan fingerprint density at radius 2 is 2.12 bits per heavy atom. The third-order valence-corrected chi connectivity index (χ3v) is 7.56. The van der Waals surface area contributed by atoms with Gasteiger partial charge in [-0.05, 0) is 38.4 Å². The lowest BCUT2D eigenvalue weighted by Crippen LogP contribution is -2.47. The van der Waals surface area contributed by atoms with E-state index in [0.29, 0.717) is 35.2 Å². The molecule has 0 unspecified atom stereocenters. The summed E-state index contributed by atoms with van der Waals surface area (Å²) in [5, 5.41) is 7.15. The van der Waals surface area contributed by atoms with E-state index in [1.54, 1.807) is 12.1 Å². The minimum Gasteiger partial charge on any atom is -0.340 e. The molecule has 0 aromatic heterocycles. The number of rotatable bonds is 1. The number of halogens is 2. The van der Waals surface area contributed by atoms with E-state index in [-0.39, 0.29) is 23.8 Å². The van der Waals surface area contributed by atoms with Crippen molar-refractivity contribution in [3.05, 3.63) is 22.2 Å². The Kier molecular flexibility index (Phi) is 4.43. The number of carbonyl (C=O) groups excluding carboxylic acids is 2. The van der Waals surface area contributed by atoms with E-state index in [1.165, 1.54) is 11.8 Å². The van der Waals surface area contributed by atoms with E-state index in [0.717, 1.165) is 17.9 Å². The van der Waals surface area contributed by atoms with Crippen LogP contribution in [0.3, 0.4) is 0 Å². The van der Waals surface area contributed by atoms with Crippen molar-refractivity contribution in [2.75, 3.05) is 25.0 Å². The van der Waals surface area contributed by atoms with Crippen LogP contribution in [-0.4, -0.2) is 47.1 Å². The number of nitrogens with zero attached hydrogens (tertiary/aromatic N) is 1. The van der Waals surface area contributed by atoms with Gasteiger partial charge in [-0.25, -0.2) is 0 Å². The van der Waals surface area contributed by atoms with Crippen molar-refractivity contribution < 1.29 is 9.59 Å². The molecule has 1 spiro atoms. The number of thioether (sulfide) groups is 1. The van der Waals surface area contributed by atoms with Gasteiger partial charge in [0.2, 0.25) is 11.8 Å². The Morgan fingerprint density at radius 1 is 1.36 bits per heavy atom. The predicted molar refractivity (Wildman–Crippen MR) is 100 cm³/mol. The number of hydrogen-bond donors (Lipinski definition) is 2. The van der Waals surface area contributed by atoms with Gasteiger partial charge in [0.1, 0.15) is 4.75 Å². The molecule has 4 rings (SSSR count). The average Bonchev–Trinajstić information content (AvgIpc) is 3.18. The highest BCUT2D eigenvalue weighted by atomic mass is 35.5. The SMILES string of the molecule is C[C@@H]1NCC[C@H]1C(=O)N1CC[C@@]2(C1)Sc1cc(Cl)c(Cl)cc1NC2=O. The fourth-order valence-corrected chi connectivity index (χ4v) is 5.64. The molecular formula is C17H19Cl2N3O2S. The summed E-state index contributed by atoms with van der Waals surface area (Å²) in [4.78, 5) is 28.4. The first kappa shape index (κ1) is 17.5. The van der Waals surface area contributed by atoms with E-state index < -0.39 is 4.75 Å². The Hall–Kier alpha value is -0.950. The maximum absolute atomic E-state index is 12.8. The number of amides is 2. The molecule has 0 aliphatic carbocycles. The first-order valence-corrected chi connectivity index (χ1v) is 9.98. The maximum atomic E-state index is 12.8. The van der Waals surface area contributed by atoms with Gasteiger partial charge in [0.15, 0.2) is 0 Å². The second-order valence-electron chi connectivity index (χ2n) is 6.96. The van der Waals surface area contributed by atoms with Crippen molar-refractivity contribution in [2.45, 2.75) is 35.4 Å². The summed E-state index contributed by atoms with van der Waals surface area (Å²) in [5.41, 5.74) is 0.688. The highest BCUT2D eigenvalue weighted by Crippen LogP contribution is 2.49. The zero-order valence-electron chi connectivity index (χ0n) is 13.8. The molecule has 2 N–H and O–H groups in total. The normalized spacial score (nSPS) is 31.3. The van der Waals surface area contributed by atoms with Gasteiger partial charge >= 0.3 is 0 Å². The molecule has 5 nitrogen and oxygen atoms in total. The predicted octanol–water partition coefficient (Wildman–Crippen LogP) is 3.01. The second-order valence-corrected chi connectivity index (χ2v) is 9.20. The lowest BCUT2D eigenvalue weighted by molar-refractivity contribution is -0.134. The maximum Gasteiger partial charge on any atom is 0.242 e. The van der Waals surface area contributed by atoms with E-state index in [4.69, 9.17) is 23.2 Å². The van der Waals surface area contributed by atoms with Gasteiger partial charge in [0.05, 0.1) is 21.7 Å². The van der Waals surface area contributed by atoms with Gasteiger partial charge in [-0.15, -0.1) is 11.8 Å². The number of carbonyl (C=O) groups is 2. The summed E-state index contributed by atoms with van der Waals surface area (Å²) >= 11 is 13.7. The lowest BCUT2D eigenvalue weighted by Gasteiger charge is -2.33. The van der Waals surface area contributed by atoms with Crippen LogP contribution < -0.4 is 10.6 Å². The van der Waals surface area contributed by atoms with Gasteiger partial charge < -0.3 is 15.5 Å². The fourth-order valence-electron chi connectivity index (χ4n) is 3.87. The average molecular weight is 400 g/mol. The molecule has 0 bridgehead atoms. The van der Waals surface area contributed by atoms with Crippen molar-refractivity contribution >= 4 is 52.5 Å². The minimum atomic E-state index is -0.644. The number of hydrogen-bond acceptors (Lipinski definition) is 4. The van der Waals surface area contributed by atoms with Gasteiger partial charge in [0, 0.05) is 24.0 Å². The van der Waals surface area contributed by atoms with Gasteiger partial charge in [-0.2, -0.15) is 0 Å². The van der Waals surface area contributed by atoms with E-state index in [9.17, 15) is 9.59 Å². The Labute approximate surface area is 160 Å². The van der Waals surface area contributed by atoms with Crippen LogP contribution in [0, 0.1) is 5.92 Å². The fraction of sp³-hybridized carbons (Fsp3) is 0.529. The summed E-state index contributed by atoms with van der Waals surface area (Å²) in [6, 6.07) is 3.66. The zero-order chi connectivity index (χ0) is 17.8. The standard InChI is InChI=1S/C17H19Cl2N3O2S/c1-9-10(2-4-20-9)15(23)22-5-3-17(8-22)16(24)21-13-6-11(18)12(19)7-14(13)25-17/h6-7,9-10,20H,2-5,8H2,1H3,(H,21,24)/t9-,10+,17-/m0/s1. The topological polar surface area (TPSA) is 61.4 Å². The summed E-state index contributed by atoms with van der Waals surface area (Å²) in [7, 11) is 0. The van der Waals surface area contributed by atoms with Crippen molar-refractivity contribution in [3.8, 4) is 0 Å². The molecule has 134 valence electrons. The Bertz CT molecular complexity index is 760. The van der Waals surface area contributed by atoms with E-state index >= 15 is 0 Å². The molecular weight excluding hydrogens is 381 g/mol. The van der Waals surface area contributed by atoms with Crippen LogP contribution in [0.1, 0.15) is 19.8 Å². The molecule has 1 aromatic rings. The van der Waals surface area contributed by atoms with E-state index in [2.05, 4.69) is 10.6 Å². The van der Waals surface area contributed by atoms with Gasteiger partial charge in [-0.1, -0.05) is 23.2 Å². The van der Waals surface area contributed by atoms with E-state index in [1.807, 2.05) is 11.8 Å². The van der Waals surface area contributed by atoms with Crippen LogP contribution in [0.4, 0.5) is 5.69 Å². The largest absolute Gasteiger partial charge is 0.340 e. The smallest absolute Gasteiger partial charge is 0.242 e. The van der Waals surface area contributed by atoms with Gasteiger partial charge in [0.25, 0.3) is 0 Å². The molecule has 8 heteroatoms. The third-order valence-electron chi connectivity index (χ3n) is 5.38. The molecule has 3 aliphatic heterocycles. The molecule has 2 saturated heterocycles. The second kappa shape index (κ2) is 6.34. The highest BCUT2D eigenvalue weighted by molar-refractivity contribution is 8.01. The number of anilines is 1. The third kappa shape index (κ3) is 2.93. The highest BCUT2D eigenvalue weighted by Gasteiger charge is 2.50. The molecule has 25 heavy (non-hydrogen) atoms. The molecule has 1 aromatic carbocycles. The van der Waals surface area contributed by atoms with Crippen molar-refractivity contribution in [1.29, 1.82) is 0 Å². The van der Waals surface area contributed by atoms with Crippen LogP contribution in [0.15, 0.2) is 17.0 Å². The van der Waals surface area contributed by atoms with Gasteiger partial charge in [-0.3, -0.25) is 9.59 Å². The zero-order valence-corrected chi connectivity index (χ0v) is 16.1. The van der Waals surface area contributed by atoms with Crippen molar-refractivity contribution in [1.82, 2.24) is 10.2 Å². The van der Waals surface area contributed by atoms with Crippen molar-refractivity contribution in [3.63, 3.8) is 0 Å². The Morgan fingerprint density at radius 3 is 2.84 bits per heavy atom. The molecule has 3 atom stereocenters. The molecule has 0 saturated carbocycles. The van der Waals surface area contributed by atoms with Crippen LogP contribution in [0.2, 0.25) is 10.0 Å². The number of nitrogens with one attached hydrogen (secondary N) is 2. The quantitative estimate of drug-likeness (QED) is 0.761. The van der Waals surface area contributed by atoms with Crippen LogP contribution >= 0.6 is 35.0 Å². The number of likely N-dealkylation sites (tertiary alicyclic amines) is 1.